The van der Waals surface area contributed by atoms with Gasteiger partial charge in [0.25, 0.3) is 11.5 Å². The van der Waals surface area contributed by atoms with E-state index < -0.39 is 11.5 Å². The predicted molar refractivity (Wildman–Crippen MR) is 55.8 cm³/mol. The predicted octanol–water partition coefficient (Wildman–Crippen LogP) is -0.206. The van der Waals surface area contributed by atoms with Gasteiger partial charge in [0.05, 0.1) is 6.61 Å². The normalized spacial score (nSPS) is 12.2. The van der Waals surface area contributed by atoms with Gasteiger partial charge < -0.3 is 15.4 Å². The van der Waals surface area contributed by atoms with Crippen LogP contribution in [0.1, 0.15) is 23.0 Å². The molecule has 1 aromatic rings. The molecule has 1 heterocycles. The number of nitrogens with one attached hydrogen (secondary N) is 2. The fraction of sp³-hybridized carbons (Fsp3) is 0.400. The van der Waals surface area contributed by atoms with Gasteiger partial charge in [0, 0.05) is 11.7 Å². The van der Waals surface area contributed by atoms with Gasteiger partial charge in [-0.05, 0) is 26.0 Å². The first-order valence-electron chi connectivity index (χ1n) is 4.66. The monoisotopic (exact) mass is 210 g/mol. The van der Waals surface area contributed by atoms with E-state index >= 15 is 0 Å². The third-order valence-electron chi connectivity index (χ3n) is 1.95. The van der Waals surface area contributed by atoms with Crippen molar-refractivity contribution in [1.29, 1.82) is 0 Å². The lowest BCUT2D eigenvalue weighted by Gasteiger charge is -2.09. The van der Waals surface area contributed by atoms with E-state index in [-0.39, 0.29) is 18.2 Å². The number of H-pyrrole nitrogens is 1. The van der Waals surface area contributed by atoms with Gasteiger partial charge in [0.15, 0.2) is 0 Å². The molecule has 0 bridgehead atoms. The Morgan fingerprint density at radius 3 is 2.80 bits per heavy atom. The Bertz CT molecular complexity index is 411. The van der Waals surface area contributed by atoms with Crippen LogP contribution in [0.4, 0.5) is 0 Å². The van der Waals surface area contributed by atoms with Crippen LogP contribution in [0, 0.1) is 6.92 Å². The van der Waals surface area contributed by atoms with Crippen molar-refractivity contribution in [2.75, 3.05) is 6.61 Å². The molecule has 0 aliphatic heterocycles. The van der Waals surface area contributed by atoms with Crippen LogP contribution in [0.2, 0.25) is 0 Å². The summed E-state index contributed by atoms with van der Waals surface area (Å²) in [6, 6.07) is 2.76. The average molecular weight is 210 g/mol. The summed E-state index contributed by atoms with van der Waals surface area (Å²) in [5, 5.41) is 11.2. The smallest absolute Gasteiger partial charge is 0.260 e. The Balaban J connectivity index is 2.88. The standard InChI is InChI=1S/C10H14N2O3/c1-6-3-4-8(9(14)11-6)10(15)12-7(2)5-13/h3-4,7,13H,5H2,1-2H3,(H,11,14)(H,12,15)/t7-/m1/s1. The Morgan fingerprint density at radius 2 is 2.27 bits per heavy atom. The van der Waals surface area contributed by atoms with Gasteiger partial charge in [-0.3, -0.25) is 9.59 Å². The van der Waals surface area contributed by atoms with E-state index in [9.17, 15) is 9.59 Å². The number of aryl methyl sites for hydroxylation is 1. The minimum Gasteiger partial charge on any atom is -0.394 e. The number of amides is 1. The number of hydrogen-bond donors (Lipinski definition) is 3. The van der Waals surface area contributed by atoms with Gasteiger partial charge in [-0.25, -0.2) is 0 Å². The first-order chi connectivity index (χ1) is 7.04. The Labute approximate surface area is 87.1 Å². The third kappa shape index (κ3) is 2.92. The van der Waals surface area contributed by atoms with Crippen molar-refractivity contribution in [2.24, 2.45) is 0 Å². The molecular formula is C10H14N2O3. The summed E-state index contributed by atoms with van der Waals surface area (Å²) in [6.07, 6.45) is 0. The van der Waals surface area contributed by atoms with Crippen LogP contribution in [0.5, 0.6) is 0 Å². The van der Waals surface area contributed by atoms with Gasteiger partial charge in [0.1, 0.15) is 5.56 Å². The van der Waals surface area contributed by atoms with E-state index in [0.29, 0.717) is 5.69 Å². The Hall–Kier alpha value is -1.62. The molecule has 0 radical (unpaired) electrons. The highest BCUT2D eigenvalue weighted by Crippen LogP contribution is 1.94. The fourth-order valence-electron chi connectivity index (χ4n) is 1.10. The number of aromatic nitrogens is 1. The molecule has 0 spiro atoms. The van der Waals surface area contributed by atoms with Crippen molar-refractivity contribution in [3.8, 4) is 0 Å². The molecule has 1 amide bonds. The van der Waals surface area contributed by atoms with E-state index in [1.165, 1.54) is 6.07 Å². The number of aromatic amines is 1. The molecule has 3 N–H and O–H groups in total. The van der Waals surface area contributed by atoms with Crippen LogP contribution in [0.15, 0.2) is 16.9 Å². The first kappa shape index (κ1) is 11.5. The Kier molecular flexibility index (Phi) is 3.62. The van der Waals surface area contributed by atoms with Crippen LogP contribution in [-0.2, 0) is 0 Å². The molecule has 5 nitrogen and oxygen atoms in total. The van der Waals surface area contributed by atoms with E-state index in [4.69, 9.17) is 5.11 Å². The number of aliphatic hydroxyl groups is 1. The zero-order chi connectivity index (χ0) is 11.4. The summed E-state index contributed by atoms with van der Waals surface area (Å²) in [5.41, 5.74) is 0.338. The second-order valence-corrected chi connectivity index (χ2v) is 3.44. The molecular weight excluding hydrogens is 196 g/mol. The fourth-order valence-corrected chi connectivity index (χ4v) is 1.10. The molecule has 0 aliphatic rings. The van der Waals surface area contributed by atoms with Gasteiger partial charge in [-0.2, -0.15) is 0 Å². The van der Waals surface area contributed by atoms with Crippen molar-refractivity contribution in [3.63, 3.8) is 0 Å². The van der Waals surface area contributed by atoms with Crippen molar-refractivity contribution in [2.45, 2.75) is 19.9 Å². The second-order valence-electron chi connectivity index (χ2n) is 3.44. The number of rotatable bonds is 3. The molecule has 0 unspecified atom stereocenters. The van der Waals surface area contributed by atoms with Crippen LogP contribution >= 0.6 is 0 Å². The van der Waals surface area contributed by atoms with E-state index in [1.54, 1.807) is 19.9 Å². The molecule has 82 valence electrons. The molecule has 1 aromatic heterocycles. The number of carbonyl (C=O) groups is 1. The summed E-state index contributed by atoms with van der Waals surface area (Å²) in [4.78, 5) is 25.4. The SMILES string of the molecule is Cc1ccc(C(=O)N[C@H](C)CO)c(=O)[nH]1. The van der Waals surface area contributed by atoms with Crippen molar-refractivity contribution in [1.82, 2.24) is 10.3 Å². The zero-order valence-corrected chi connectivity index (χ0v) is 8.70. The van der Waals surface area contributed by atoms with Crippen molar-refractivity contribution >= 4 is 5.91 Å². The molecule has 15 heavy (non-hydrogen) atoms. The summed E-state index contributed by atoms with van der Waals surface area (Å²) in [7, 11) is 0. The van der Waals surface area contributed by atoms with Crippen LogP contribution < -0.4 is 10.9 Å². The van der Waals surface area contributed by atoms with Crippen molar-refractivity contribution in [3.05, 3.63) is 33.7 Å². The summed E-state index contributed by atoms with van der Waals surface area (Å²) in [5.74, 6) is -0.474. The highest BCUT2D eigenvalue weighted by atomic mass is 16.3. The maximum atomic E-state index is 11.5. The molecule has 0 saturated carbocycles. The lowest BCUT2D eigenvalue weighted by molar-refractivity contribution is 0.0921. The Morgan fingerprint density at radius 1 is 1.60 bits per heavy atom. The summed E-state index contributed by atoms with van der Waals surface area (Å²) in [6.45, 7) is 3.23. The molecule has 1 atom stereocenters. The largest absolute Gasteiger partial charge is 0.394 e. The summed E-state index contributed by atoms with van der Waals surface area (Å²) >= 11 is 0. The maximum absolute atomic E-state index is 11.5. The number of aliphatic hydroxyl groups excluding tert-OH is 1. The van der Waals surface area contributed by atoms with Crippen LogP contribution in [0.3, 0.4) is 0 Å². The average Bonchev–Trinajstić information content (AvgIpc) is 2.17. The second kappa shape index (κ2) is 4.75. The minimum absolute atomic E-state index is 0.0564. The van der Waals surface area contributed by atoms with Gasteiger partial charge in [0.2, 0.25) is 0 Å². The van der Waals surface area contributed by atoms with Gasteiger partial charge >= 0.3 is 0 Å². The van der Waals surface area contributed by atoms with Crippen LogP contribution in [0.25, 0.3) is 0 Å². The molecule has 0 fully saturated rings. The lowest BCUT2D eigenvalue weighted by atomic mass is 10.2. The molecule has 0 saturated heterocycles. The highest BCUT2D eigenvalue weighted by molar-refractivity contribution is 5.93. The minimum atomic E-state index is -0.474. The van der Waals surface area contributed by atoms with E-state index in [1.807, 2.05) is 0 Å². The molecule has 5 heteroatoms. The zero-order valence-electron chi connectivity index (χ0n) is 8.70. The molecule has 0 aromatic carbocycles. The van der Waals surface area contributed by atoms with E-state index in [2.05, 4.69) is 10.3 Å². The van der Waals surface area contributed by atoms with Gasteiger partial charge in [-0.1, -0.05) is 0 Å². The van der Waals surface area contributed by atoms with Crippen molar-refractivity contribution < 1.29 is 9.90 Å². The summed E-state index contributed by atoms with van der Waals surface area (Å²) < 4.78 is 0. The number of pyridine rings is 1. The topological polar surface area (TPSA) is 82.2 Å². The number of hydrogen-bond acceptors (Lipinski definition) is 3. The van der Waals surface area contributed by atoms with Crippen LogP contribution in [-0.4, -0.2) is 28.6 Å². The quantitative estimate of drug-likeness (QED) is 0.645. The number of carbonyl (C=O) groups excluding carboxylic acids is 1. The highest BCUT2D eigenvalue weighted by Gasteiger charge is 2.12. The first-order valence-corrected chi connectivity index (χ1v) is 4.66. The molecule has 0 aliphatic carbocycles. The lowest BCUT2D eigenvalue weighted by Crippen LogP contribution is -2.37. The van der Waals surface area contributed by atoms with Gasteiger partial charge in [-0.15, -0.1) is 0 Å². The maximum Gasteiger partial charge on any atom is 0.260 e. The third-order valence-corrected chi connectivity index (χ3v) is 1.95. The van der Waals surface area contributed by atoms with E-state index in [0.717, 1.165) is 0 Å². The molecule has 1 rings (SSSR count).